The molecule has 0 aromatic heterocycles. The summed E-state index contributed by atoms with van der Waals surface area (Å²) in [6.07, 6.45) is -3.16. The number of halogens is 3. The summed E-state index contributed by atoms with van der Waals surface area (Å²) >= 11 is 0. The molecule has 1 aromatic carbocycles. The minimum atomic E-state index is -4.52. The Balaban J connectivity index is 2.34. The summed E-state index contributed by atoms with van der Waals surface area (Å²) in [6, 6.07) is 3.37. The van der Waals surface area contributed by atoms with Crippen LogP contribution in [0.15, 0.2) is 24.3 Å². The van der Waals surface area contributed by atoms with Gasteiger partial charge >= 0.3 is 12.3 Å². The van der Waals surface area contributed by atoms with E-state index in [0.717, 1.165) is 18.6 Å². The molecule has 0 bridgehead atoms. The number of Topliss-reactive ketones (excluding diaryl/α,β-unsaturated/α-hetero) is 1. The summed E-state index contributed by atoms with van der Waals surface area (Å²) in [6.45, 7) is 1.50. The standard InChI is InChI=1S/C20H25F3N2O4/c1-12(25-18(27)28)11-15(24)17(26)16(19(29)9-3-2-4-10-19)13-5-7-14(8-6-13)20(21,22)23/h5-8,12,16,24-25,29H,2-4,9-11H2,1H3,(H,27,28)/t12-,16?/m0/s1. The summed E-state index contributed by atoms with van der Waals surface area (Å²) in [7, 11) is 0. The van der Waals surface area contributed by atoms with Gasteiger partial charge in [-0.3, -0.25) is 4.79 Å². The van der Waals surface area contributed by atoms with Gasteiger partial charge < -0.3 is 20.9 Å². The first-order valence-corrected chi connectivity index (χ1v) is 9.44. The van der Waals surface area contributed by atoms with Crippen LogP contribution in [0.4, 0.5) is 18.0 Å². The lowest BCUT2D eigenvalue weighted by Gasteiger charge is -2.39. The molecule has 1 aliphatic carbocycles. The maximum atomic E-state index is 13.1. The van der Waals surface area contributed by atoms with Gasteiger partial charge in [-0.2, -0.15) is 13.2 Å². The van der Waals surface area contributed by atoms with Gasteiger partial charge in [-0.1, -0.05) is 31.4 Å². The van der Waals surface area contributed by atoms with Crippen molar-refractivity contribution in [1.82, 2.24) is 5.32 Å². The first kappa shape index (κ1) is 22.9. The van der Waals surface area contributed by atoms with E-state index in [-0.39, 0.29) is 17.7 Å². The Morgan fingerprint density at radius 2 is 1.72 bits per heavy atom. The van der Waals surface area contributed by atoms with E-state index in [4.69, 9.17) is 10.5 Å². The number of alkyl halides is 3. The molecule has 9 heteroatoms. The number of carbonyl (C=O) groups excluding carboxylic acids is 1. The van der Waals surface area contributed by atoms with Gasteiger partial charge in [0, 0.05) is 12.5 Å². The summed E-state index contributed by atoms with van der Waals surface area (Å²) in [5.41, 5.74) is -2.48. The van der Waals surface area contributed by atoms with E-state index in [1.54, 1.807) is 0 Å². The SMILES string of the molecule is C[C@@H](CC(=N)C(=O)C(c1ccc(C(F)(F)F)cc1)C1(O)CCCCC1)NC(=O)O. The number of aliphatic hydroxyl groups is 1. The van der Waals surface area contributed by atoms with Crippen molar-refractivity contribution in [2.24, 2.45) is 0 Å². The largest absolute Gasteiger partial charge is 0.465 e. The molecule has 1 fully saturated rings. The van der Waals surface area contributed by atoms with E-state index in [0.29, 0.717) is 25.7 Å². The summed E-state index contributed by atoms with van der Waals surface area (Å²) in [5.74, 6) is -1.87. The first-order valence-electron chi connectivity index (χ1n) is 9.44. The van der Waals surface area contributed by atoms with Crippen molar-refractivity contribution >= 4 is 17.6 Å². The number of carboxylic acid groups (broad SMARTS) is 1. The van der Waals surface area contributed by atoms with Crippen molar-refractivity contribution in [3.8, 4) is 0 Å². The molecule has 4 N–H and O–H groups in total. The number of rotatable bonds is 7. The van der Waals surface area contributed by atoms with Crippen molar-refractivity contribution in [2.75, 3.05) is 0 Å². The quantitative estimate of drug-likeness (QED) is 0.503. The highest BCUT2D eigenvalue weighted by Crippen LogP contribution is 2.41. The minimum absolute atomic E-state index is 0.182. The summed E-state index contributed by atoms with van der Waals surface area (Å²) < 4.78 is 38.6. The number of benzene rings is 1. The highest BCUT2D eigenvalue weighted by Gasteiger charge is 2.44. The molecule has 1 saturated carbocycles. The average Bonchev–Trinajstić information content (AvgIpc) is 2.61. The molecule has 160 valence electrons. The molecule has 6 nitrogen and oxygen atoms in total. The third-order valence-electron chi connectivity index (χ3n) is 5.27. The molecular weight excluding hydrogens is 389 g/mol. The zero-order chi connectivity index (χ0) is 21.8. The van der Waals surface area contributed by atoms with Gasteiger partial charge in [-0.05, 0) is 37.5 Å². The number of ketones is 1. The first-order chi connectivity index (χ1) is 13.4. The van der Waals surface area contributed by atoms with Gasteiger partial charge in [-0.25, -0.2) is 4.79 Å². The van der Waals surface area contributed by atoms with Crippen molar-refractivity contribution in [2.45, 2.75) is 69.2 Å². The third kappa shape index (κ3) is 5.79. The van der Waals surface area contributed by atoms with Gasteiger partial charge in [0.05, 0.1) is 22.8 Å². The Morgan fingerprint density at radius 1 is 1.17 bits per heavy atom. The molecule has 0 spiro atoms. The third-order valence-corrected chi connectivity index (χ3v) is 5.27. The van der Waals surface area contributed by atoms with Crippen molar-refractivity contribution < 1.29 is 33.0 Å². The lowest BCUT2D eigenvalue weighted by molar-refractivity contribution is -0.137. The number of hydrogen-bond acceptors (Lipinski definition) is 4. The molecule has 2 rings (SSSR count). The molecule has 0 saturated heterocycles. The van der Waals surface area contributed by atoms with Crippen LogP contribution in [0, 0.1) is 5.41 Å². The van der Waals surface area contributed by atoms with Gasteiger partial charge in [0.15, 0.2) is 5.78 Å². The van der Waals surface area contributed by atoms with E-state index < -0.39 is 41.2 Å². The fourth-order valence-electron chi connectivity index (χ4n) is 3.87. The average molecular weight is 414 g/mol. The molecule has 29 heavy (non-hydrogen) atoms. The normalized spacial score (nSPS) is 18.5. The molecule has 0 heterocycles. The minimum Gasteiger partial charge on any atom is -0.465 e. The fourth-order valence-corrected chi connectivity index (χ4v) is 3.87. The smallest absolute Gasteiger partial charge is 0.416 e. The van der Waals surface area contributed by atoms with Gasteiger partial charge in [0.1, 0.15) is 0 Å². The topological polar surface area (TPSA) is 110 Å². The molecule has 1 unspecified atom stereocenters. The van der Waals surface area contributed by atoms with Crippen LogP contribution in [-0.2, 0) is 11.0 Å². The Kier molecular flexibility index (Phi) is 7.05. The van der Waals surface area contributed by atoms with Crippen LogP contribution in [0.2, 0.25) is 0 Å². The zero-order valence-corrected chi connectivity index (χ0v) is 16.1. The lowest BCUT2D eigenvalue weighted by atomic mass is 9.70. The zero-order valence-electron chi connectivity index (χ0n) is 16.1. The Morgan fingerprint density at radius 3 is 2.21 bits per heavy atom. The molecular formula is C20H25F3N2O4. The maximum Gasteiger partial charge on any atom is 0.416 e. The fraction of sp³-hybridized carbons (Fsp3) is 0.550. The van der Waals surface area contributed by atoms with E-state index in [1.807, 2.05) is 0 Å². The van der Waals surface area contributed by atoms with Crippen molar-refractivity contribution in [1.29, 1.82) is 5.41 Å². The predicted octanol–water partition coefficient (Wildman–Crippen LogP) is 4.12. The number of amides is 1. The van der Waals surface area contributed by atoms with Crippen LogP contribution in [0.25, 0.3) is 0 Å². The highest BCUT2D eigenvalue weighted by molar-refractivity contribution is 6.41. The van der Waals surface area contributed by atoms with Crippen LogP contribution in [-0.4, -0.2) is 39.4 Å². The molecule has 2 atom stereocenters. The van der Waals surface area contributed by atoms with Gasteiger partial charge in [0.2, 0.25) is 0 Å². The Hall–Kier alpha value is -2.42. The molecule has 1 amide bonds. The van der Waals surface area contributed by atoms with Crippen LogP contribution < -0.4 is 5.32 Å². The Bertz CT molecular complexity index is 756. The van der Waals surface area contributed by atoms with Crippen LogP contribution in [0.5, 0.6) is 0 Å². The maximum absolute atomic E-state index is 13.1. The molecule has 0 aliphatic heterocycles. The second kappa shape index (κ2) is 8.94. The van der Waals surface area contributed by atoms with Crippen LogP contribution >= 0.6 is 0 Å². The molecule has 0 radical (unpaired) electrons. The van der Waals surface area contributed by atoms with E-state index in [1.165, 1.54) is 19.1 Å². The van der Waals surface area contributed by atoms with Crippen molar-refractivity contribution in [3.63, 3.8) is 0 Å². The van der Waals surface area contributed by atoms with E-state index >= 15 is 0 Å². The summed E-state index contributed by atoms with van der Waals surface area (Å²) in [5, 5.41) is 30.2. The molecule has 1 aliphatic rings. The van der Waals surface area contributed by atoms with Crippen LogP contribution in [0.3, 0.4) is 0 Å². The highest BCUT2D eigenvalue weighted by atomic mass is 19.4. The lowest BCUT2D eigenvalue weighted by Crippen LogP contribution is -2.45. The monoisotopic (exact) mass is 414 g/mol. The van der Waals surface area contributed by atoms with E-state index in [2.05, 4.69) is 5.32 Å². The second-order valence-corrected chi connectivity index (χ2v) is 7.61. The van der Waals surface area contributed by atoms with Gasteiger partial charge in [0.25, 0.3) is 0 Å². The molecule has 1 aromatic rings. The number of nitrogens with one attached hydrogen (secondary N) is 2. The predicted molar refractivity (Wildman–Crippen MR) is 100 cm³/mol. The Labute approximate surface area is 166 Å². The van der Waals surface area contributed by atoms with E-state index in [9.17, 15) is 27.9 Å². The number of carbonyl (C=O) groups is 2. The number of hydrogen-bond donors (Lipinski definition) is 4. The van der Waals surface area contributed by atoms with Crippen molar-refractivity contribution in [3.05, 3.63) is 35.4 Å². The second-order valence-electron chi connectivity index (χ2n) is 7.61. The van der Waals surface area contributed by atoms with Gasteiger partial charge in [-0.15, -0.1) is 0 Å². The summed E-state index contributed by atoms with van der Waals surface area (Å²) in [4.78, 5) is 23.8. The van der Waals surface area contributed by atoms with Crippen LogP contribution in [0.1, 0.15) is 62.5 Å².